The second-order valence-corrected chi connectivity index (χ2v) is 9.02. The molecule has 1 N–H and O–H groups in total. The molecule has 0 spiro atoms. The fourth-order valence-electron chi connectivity index (χ4n) is 5.26. The van der Waals surface area contributed by atoms with Crippen LogP contribution in [0.5, 0.6) is 0 Å². The van der Waals surface area contributed by atoms with Crippen molar-refractivity contribution in [1.29, 1.82) is 0 Å². The summed E-state index contributed by atoms with van der Waals surface area (Å²) < 4.78 is 6.17. The lowest BCUT2D eigenvalue weighted by Gasteiger charge is -2.17. The molecule has 36 heavy (non-hydrogen) atoms. The van der Waals surface area contributed by atoms with Gasteiger partial charge in [-0.15, -0.1) is 0 Å². The summed E-state index contributed by atoms with van der Waals surface area (Å²) in [5.41, 5.74) is 8.64. The maximum absolute atomic E-state index is 6.17. The molecule has 0 aliphatic rings. The standard InChI is InChI=1S/C34H23NO/c1-2-13-24-23(11-1)12-9-17-25(24)26-14-3-6-19-30(26)35-31-20-7-4-15-27(31)28-18-10-22-33-34(28)29-16-5-8-21-32(29)36-33/h1-22,35H. The first-order valence-corrected chi connectivity index (χ1v) is 12.2. The van der Waals surface area contributed by atoms with Crippen molar-refractivity contribution < 1.29 is 4.42 Å². The van der Waals surface area contributed by atoms with Crippen LogP contribution in [-0.4, -0.2) is 0 Å². The number of fused-ring (bicyclic) bond motifs is 4. The zero-order valence-electron chi connectivity index (χ0n) is 19.6. The third kappa shape index (κ3) is 3.35. The highest BCUT2D eigenvalue weighted by Gasteiger charge is 2.15. The SMILES string of the molecule is c1ccc(-c2cccc3ccccc23)c(Nc2ccccc2-c2cccc3oc4ccccc4c23)c1. The predicted octanol–water partition coefficient (Wildman–Crippen LogP) is 9.82. The third-order valence-corrected chi connectivity index (χ3v) is 6.90. The van der Waals surface area contributed by atoms with Crippen LogP contribution in [0.25, 0.3) is 55.0 Å². The first kappa shape index (κ1) is 20.5. The number of hydrogen-bond donors (Lipinski definition) is 1. The van der Waals surface area contributed by atoms with E-state index in [-0.39, 0.29) is 0 Å². The number of benzene rings is 6. The van der Waals surface area contributed by atoms with Crippen molar-refractivity contribution in [3.8, 4) is 22.3 Å². The van der Waals surface area contributed by atoms with Crippen LogP contribution >= 0.6 is 0 Å². The maximum Gasteiger partial charge on any atom is 0.136 e. The summed E-state index contributed by atoms with van der Waals surface area (Å²) in [5, 5.41) is 8.54. The van der Waals surface area contributed by atoms with E-state index < -0.39 is 0 Å². The monoisotopic (exact) mass is 461 g/mol. The first-order chi connectivity index (χ1) is 17.9. The number of furan rings is 1. The van der Waals surface area contributed by atoms with Crippen LogP contribution in [0.1, 0.15) is 0 Å². The Balaban J connectivity index is 1.39. The Bertz CT molecular complexity index is 1870. The van der Waals surface area contributed by atoms with Gasteiger partial charge < -0.3 is 9.73 Å². The number of rotatable bonds is 4. The van der Waals surface area contributed by atoms with Crippen LogP contribution in [-0.2, 0) is 0 Å². The lowest BCUT2D eigenvalue weighted by Crippen LogP contribution is -1.96. The molecule has 6 aromatic carbocycles. The molecule has 2 heteroatoms. The summed E-state index contributed by atoms with van der Waals surface area (Å²) in [4.78, 5) is 0. The van der Waals surface area contributed by atoms with Gasteiger partial charge in [0.2, 0.25) is 0 Å². The van der Waals surface area contributed by atoms with E-state index in [0.717, 1.165) is 44.4 Å². The lowest BCUT2D eigenvalue weighted by atomic mass is 9.96. The summed E-state index contributed by atoms with van der Waals surface area (Å²) in [5.74, 6) is 0. The van der Waals surface area contributed by atoms with Gasteiger partial charge in [0, 0.05) is 33.3 Å². The second-order valence-electron chi connectivity index (χ2n) is 9.02. The summed E-state index contributed by atoms with van der Waals surface area (Å²) >= 11 is 0. The van der Waals surface area contributed by atoms with Gasteiger partial charge in [-0.3, -0.25) is 0 Å². The van der Waals surface area contributed by atoms with Gasteiger partial charge in [-0.1, -0.05) is 109 Å². The van der Waals surface area contributed by atoms with Crippen LogP contribution in [0.3, 0.4) is 0 Å². The van der Waals surface area contributed by atoms with Crippen LogP contribution in [0, 0.1) is 0 Å². The van der Waals surface area contributed by atoms with Gasteiger partial charge in [-0.05, 0) is 46.2 Å². The van der Waals surface area contributed by atoms with Crippen molar-refractivity contribution in [1.82, 2.24) is 0 Å². The van der Waals surface area contributed by atoms with E-state index in [9.17, 15) is 0 Å². The van der Waals surface area contributed by atoms with Crippen molar-refractivity contribution in [2.45, 2.75) is 0 Å². The highest BCUT2D eigenvalue weighted by atomic mass is 16.3. The Morgan fingerprint density at radius 1 is 0.389 bits per heavy atom. The molecule has 0 aliphatic heterocycles. The molecule has 0 atom stereocenters. The summed E-state index contributed by atoms with van der Waals surface area (Å²) in [7, 11) is 0. The molecule has 7 rings (SSSR count). The second kappa shape index (κ2) is 8.44. The van der Waals surface area contributed by atoms with Crippen LogP contribution < -0.4 is 5.32 Å². The zero-order chi connectivity index (χ0) is 23.9. The van der Waals surface area contributed by atoms with Gasteiger partial charge in [-0.25, -0.2) is 0 Å². The molecule has 7 aromatic rings. The number of para-hydroxylation sites is 3. The molecular weight excluding hydrogens is 438 g/mol. The quantitative estimate of drug-likeness (QED) is 0.282. The molecule has 0 saturated carbocycles. The minimum Gasteiger partial charge on any atom is -0.456 e. The Labute approximate surface area is 209 Å². The Kier molecular flexibility index (Phi) is 4.82. The van der Waals surface area contributed by atoms with Crippen LogP contribution in [0.2, 0.25) is 0 Å². The van der Waals surface area contributed by atoms with Gasteiger partial charge in [0.05, 0.1) is 0 Å². The van der Waals surface area contributed by atoms with Crippen molar-refractivity contribution in [3.63, 3.8) is 0 Å². The largest absolute Gasteiger partial charge is 0.456 e. The van der Waals surface area contributed by atoms with Crippen molar-refractivity contribution in [3.05, 3.63) is 133 Å². The number of nitrogens with one attached hydrogen (secondary N) is 1. The summed E-state index contributed by atoms with van der Waals surface area (Å²) in [6.07, 6.45) is 0. The first-order valence-electron chi connectivity index (χ1n) is 12.2. The van der Waals surface area contributed by atoms with E-state index in [1.807, 2.05) is 18.2 Å². The van der Waals surface area contributed by atoms with E-state index in [2.05, 4.69) is 121 Å². The molecule has 1 aromatic heterocycles. The molecule has 0 amide bonds. The molecular formula is C34H23NO. The Hall–Kier alpha value is -4.82. The molecule has 0 fully saturated rings. The van der Waals surface area contributed by atoms with Gasteiger partial charge in [-0.2, -0.15) is 0 Å². The molecule has 2 nitrogen and oxygen atoms in total. The van der Waals surface area contributed by atoms with Gasteiger partial charge in [0.1, 0.15) is 11.2 Å². The van der Waals surface area contributed by atoms with Crippen molar-refractivity contribution in [2.24, 2.45) is 0 Å². The van der Waals surface area contributed by atoms with Gasteiger partial charge in [0.15, 0.2) is 0 Å². The molecule has 170 valence electrons. The van der Waals surface area contributed by atoms with E-state index in [1.54, 1.807) is 0 Å². The highest BCUT2D eigenvalue weighted by molar-refractivity contribution is 6.13. The minimum atomic E-state index is 0.902. The molecule has 0 aliphatic carbocycles. The summed E-state index contributed by atoms with van der Waals surface area (Å²) in [6, 6.07) is 46.7. The predicted molar refractivity (Wildman–Crippen MR) is 152 cm³/mol. The normalized spacial score (nSPS) is 11.3. The molecule has 1 heterocycles. The molecule has 0 saturated heterocycles. The topological polar surface area (TPSA) is 25.2 Å². The number of anilines is 2. The molecule has 0 unspecified atom stereocenters. The average Bonchev–Trinajstić information content (AvgIpc) is 3.32. The molecule has 0 bridgehead atoms. The fraction of sp³-hybridized carbons (Fsp3) is 0. The van der Waals surface area contributed by atoms with E-state index in [4.69, 9.17) is 4.42 Å². The van der Waals surface area contributed by atoms with Crippen molar-refractivity contribution in [2.75, 3.05) is 5.32 Å². The van der Waals surface area contributed by atoms with Gasteiger partial charge in [0.25, 0.3) is 0 Å². The molecule has 0 radical (unpaired) electrons. The van der Waals surface area contributed by atoms with Crippen LogP contribution in [0.4, 0.5) is 11.4 Å². The van der Waals surface area contributed by atoms with Crippen molar-refractivity contribution >= 4 is 44.1 Å². The van der Waals surface area contributed by atoms with Gasteiger partial charge >= 0.3 is 0 Å². The lowest BCUT2D eigenvalue weighted by molar-refractivity contribution is 0.669. The summed E-state index contributed by atoms with van der Waals surface area (Å²) in [6.45, 7) is 0. The number of hydrogen-bond acceptors (Lipinski definition) is 2. The minimum absolute atomic E-state index is 0.902. The Morgan fingerprint density at radius 2 is 0.917 bits per heavy atom. The zero-order valence-corrected chi connectivity index (χ0v) is 19.6. The van der Waals surface area contributed by atoms with E-state index in [1.165, 1.54) is 21.9 Å². The van der Waals surface area contributed by atoms with E-state index >= 15 is 0 Å². The third-order valence-electron chi connectivity index (χ3n) is 6.90. The average molecular weight is 462 g/mol. The van der Waals surface area contributed by atoms with E-state index in [0.29, 0.717) is 0 Å². The maximum atomic E-state index is 6.17. The Morgan fingerprint density at radius 3 is 1.75 bits per heavy atom. The fourth-order valence-corrected chi connectivity index (χ4v) is 5.26. The van der Waals surface area contributed by atoms with Crippen LogP contribution in [0.15, 0.2) is 138 Å². The highest BCUT2D eigenvalue weighted by Crippen LogP contribution is 2.41. The smallest absolute Gasteiger partial charge is 0.136 e.